The van der Waals surface area contributed by atoms with Crippen LogP contribution in [0.3, 0.4) is 0 Å². The number of rotatable bonds is 18. The molecule has 2 atom stereocenters. The number of ketones is 1. The molecule has 5 aromatic carbocycles. The van der Waals surface area contributed by atoms with Crippen molar-refractivity contribution in [2.45, 2.75) is 73.1 Å². The molecule has 0 saturated carbocycles. The number of primary amides is 1. The molecule has 0 aliphatic carbocycles. The second kappa shape index (κ2) is 23.7. The van der Waals surface area contributed by atoms with E-state index < -0.39 is 58.7 Å². The summed E-state index contributed by atoms with van der Waals surface area (Å²) in [5.74, 6) is -5.21. The number of phenolic OH excluding ortho intramolecular Hbond substituents is 2. The van der Waals surface area contributed by atoms with Crippen LogP contribution >= 0.6 is 0 Å². The monoisotopic (exact) mass is 934 g/mol. The Morgan fingerprint density at radius 2 is 1.12 bits per heavy atom. The molecule has 19 nitrogen and oxygen atoms in total. The number of anilines is 3. The van der Waals surface area contributed by atoms with Crippen LogP contribution < -0.4 is 36.5 Å². The van der Waals surface area contributed by atoms with Crippen LogP contribution in [0.15, 0.2) is 97.1 Å². The van der Waals surface area contributed by atoms with E-state index in [9.17, 15) is 54.2 Å². The van der Waals surface area contributed by atoms with Crippen LogP contribution in [0.2, 0.25) is 0 Å². The van der Waals surface area contributed by atoms with E-state index in [1.54, 1.807) is 65.8 Å². The van der Waals surface area contributed by atoms with Gasteiger partial charge in [-0.2, -0.15) is 0 Å². The molecule has 0 spiro atoms. The average Bonchev–Trinajstić information content (AvgIpc) is 3.29. The van der Waals surface area contributed by atoms with Gasteiger partial charge in [-0.05, 0) is 114 Å². The lowest BCUT2D eigenvalue weighted by Crippen LogP contribution is -2.51. The number of Topliss-reactive ketones (excluding diaryl/α,β-unsaturated/α-hetero) is 1. The summed E-state index contributed by atoms with van der Waals surface area (Å²) in [6, 6.07) is 22.7. The molecule has 68 heavy (non-hydrogen) atoms. The zero-order valence-electron chi connectivity index (χ0n) is 38.4. The summed E-state index contributed by atoms with van der Waals surface area (Å²) in [4.78, 5) is 84.5. The number of aliphatic hydroxyl groups is 1. The molecular weight excluding hydrogens is 881 g/mol. The number of nitrogens with zero attached hydrogens (tertiary/aromatic N) is 1. The molecule has 0 fully saturated rings. The maximum atomic E-state index is 13.1. The highest BCUT2D eigenvalue weighted by molar-refractivity contribution is 6.10. The second-order valence-electron chi connectivity index (χ2n) is 15.9. The minimum absolute atomic E-state index is 0.0245. The third kappa shape index (κ3) is 13.8. The van der Waals surface area contributed by atoms with Crippen molar-refractivity contribution in [1.82, 2.24) is 5.32 Å². The van der Waals surface area contributed by atoms with E-state index in [1.807, 2.05) is 19.1 Å². The van der Waals surface area contributed by atoms with Crippen LogP contribution in [0, 0.1) is 29.9 Å². The first-order valence-corrected chi connectivity index (χ1v) is 21.3. The van der Waals surface area contributed by atoms with E-state index >= 15 is 0 Å². The maximum absolute atomic E-state index is 13.1. The SMILES string of the molecule is CCC(=O)C(NC(=O)c1ccc(NC(=O)c2ccc([N+](=O)[O-])cc2)cc1)C(CO)C(N)=O.Cc1ccc(C(=O)Nc2ccc(C(=O)Nc3ccc(C)c(O)c3OC(C)C)c(O)c2OC(C)C)cc1. The van der Waals surface area contributed by atoms with Crippen molar-refractivity contribution in [2.24, 2.45) is 11.7 Å². The Morgan fingerprint density at radius 1 is 0.647 bits per heavy atom. The van der Waals surface area contributed by atoms with Crippen molar-refractivity contribution in [3.8, 4) is 23.0 Å². The summed E-state index contributed by atoms with van der Waals surface area (Å²) in [6.45, 7) is 11.6. The topological polar surface area (TPSA) is 299 Å². The molecule has 5 rings (SSSR count). The molecule has 0 saturated heterocycles. The number of nitro groups is 1. The summed E-state index contributed by atoms with van der Waals surface area (Å²) >= 11 is 0. The number of aliphatic hydroxyl groups excluding tert-OH is 1. The number of non-ortho nitro benzene ring substituents is 1. The first-order chi connectivity index (χ1) is 32.1. The zero-order chi connectivity index (χ0) is 50.4. The molecular formula is C49H54N6O13. The Morgan fingerprint density at radius 3 is 1.62 bits per heavy atom. The number of hydrogen-bond donors (Lipinski definition) is 8. The first kappa shape index (κ1) is 52.3. The van der Waals surface area contributed by atoms with Crippen molar-refractivity contribution in [1.29, 1.82) is 0 Å². The van der Waals surface area contributed by atoms with E-state index in [0.29, 0.717) is 16.8 Å². The molecule has 19 heteroatoms. The summed E-state index contributed by atoms with van der Waals surface area (Å²) in [6.07, 6.45) is -0.559. The second-order valence-corrected chi connectivity index (χ2v) is 15.9. The summed E-state index contributed by atoms with van der Waals surface area (Å²) < 4.78 is 11.5. The van der Waals surface area contributed by atoms with Gasteiger partial charge in [0.15, 0.2) is 28.8 Å². The third-order valence-corrected chi connectivity index (χ3v) is 9.92. The molecule has 5 aromatic rings. The number of nitrogens with one attached hydrogen (secondary N) is 4. The Hall–Kier alpha value is -8.32. The highest BCUT2D eigenvalue weighted by atomic mass is 16.6. The van der Waals surface area contributed by atoms with Gasteiger partial charge in [0.05, 0.1) is 46.6 Å². The summed E-state index contributed by atoms with van der Waals surface area (Å²) in [7, 11) is 0. The van der Waals surface area contributed by atoms with Crippen LogP contribution in [0.1, 0.15) is 93.6 Å². The highest BCUT2D eigenvalue weighted by Gasteiger charge is 2.32. The summed E-state index contributed by atoms with van der Waals surface area (Å²) in [5.41, 5.74) is 8.23. The Kier molecular flexibility index (Phi) is 18.3. The number of ether oxygens (including phenoxy) is 2. The molecule has 0 radical (unpaired) electrons. The Labute approximate surface area is 391 Å². The van der Waals surface area contributed by atoms with Gasteiger partial charge in [-0.3, -0.25) is 38.9 Å². The normalized spacial score (nSPS) is 11.6. The molecule has 0 bridgehead atoms. The predicted molar refractivity (Wildman–Crippen MR) is 253 cm³/mol. The fraction of sp³-hybridized carbons (Fsp3) is 0.265. The Balaban J connectivity index is 0.000000299. The molecule has 0 aliphatic rings. The standard InChI is InChI=1S/C28H32N2O6.C21H22N4O7/c1-15(2)35-25-21(13-9-18(6)23(25)31)30-28(34)20-12-14-22(26(24(20)32)36-16(3)4)29-27(33)19-10-7-17(5)8-11-19;1-2-17(27)18(16(11-26)19(22)28)24-21(30)12-3-7-14(8-4-12)23-20(29)13-5-9-15(10-6-13)25(31)32/h7-16,31-32H,1-6H3,(H,29,33)(H,30,34);3-10,16,18,26H,2,11H2,1H3,(H2,22,28)(H,23,29)(H,24,30). The fourth-order valence-corrected chi connectivity index (χ4v) is 6.27. The number of carbonyl (C=O) groups excluding carboxylic acids is 6. The molecule has 9 N–H and O–H groups in total. The Bertz CT molecular complexity index is 2650. The molecule has 0 aromatic heterocycles. The minimum atomic E-state index is -1.27. The van der Waals surface area contributed by atoms with Gasteiger partial charge in [-0.15, -0.1) is 0 Å². The number of carbonyl (C=O) groups is 6. The number of hydrogen-bond acceptors (Lipinski definition) is 13. The summed E-state index contributed by atoms with van der Waals surface area (Å²) in [5, 5.41) is 51.9. The largest absolute Gasteiger partial charge is 0.504 e. The number of amides is 5. The van der Waals surface area contributed by atoms with Crippen molar-refractivity contribution in [2.75, 3.05) is 22.6 Å². The zero-order valence-corrected chi connectivity index (χ0v) is 38.4. The highest BCUT2D eigenvalue weighted by Crippen LogP contribution is 2.41. The van der Waals surface area contributed by atoms with E-state index in [-0.39, 0.29) is 75.5 Å². The van der Waals surface area contributed by atoms with Gasteiger partial charge in [-0.1, -0.05) is 30.7 Å². The number of nitrogens with two attached hydrogens (primary N) is 1. The smallest absolute Gasteiger partial charge is 0.269 e. The lowest BCUT2D eigenvalue weighted by atomic mass is 9.94. The van der Waals surface area contributed by atoms with Gasteiger partial charge in [0.1, 0.15) is 6.04 Å². The molecule has 358 valence electrons. The van der Waals surface area contributed by atoms with Gasteiger partial charge in [0.2, 0.25) is 5.91 Å². The number of aromatic hydroxyl groups is 2. The van der Waals surface area contributed by atoms with E-state index in [4.69, 9.17) is 15.2 Å². The van der Waals surface area contributed by atoms with Crippen molar-refractivity contribution in [3.63, 3.8) is 0 Å². The minimum Gasteiger partial charge on any atom is -0.504 e. The van der Waals surface area contributed by atoms with Crippen LogP contribution in [0.25, 0.3) is 0 Å². The number of aryl methyl sites for hydroxylation is 2. The van der Waals surface area contributed by atoms with Crippen LogP contribution in [-0.4, -0.2) is 80.4 Å². The predicted octanol–water partition coefficient (Wildman–Crippen LogP) is 6.81. The lowest BCUT2D eigenvalue weighted by molar-refractivity contribution is -0.384. The quantitative estimate of drug-likeness (QED) is 0.0331. The third-order valence-electron chi connectivity index (χ3n) is 9.92. The van der Waals surface area contributed by atoms with Crippen molar-refractivity contribution < 1.29 is 58.5 Å². The van der Waals surface area contributed by atoms with Crippen LogP contribution in [-0.2, 0) is 9.59 Å². The van der Waals surface area contributed by atoms with E-state index in [0.717, 1.165) is 5.56 Å². The number of phenols is 2. The van der Waals surface area contributed by atoms with Gasteiger partial charge < -0.3 is 51.8 Å². The van der Waals surface area contributed by atoms with Gasteiger partial charge >= 0.3 is 0 Å². The van der Waals surface area contributed by atoms with Crippen molar-refractivity contribution in [3.05, 3.63) is 141 Å². The van der Waals surface area contributed by atoms with Gasteiger partial charge in [0.25, 0.3) is 29.3 Å². The fourth-order valence-electron chi connectivity index (χ4n) is 6.27. The van der Waals surface area contributed by atoms with E-state index in [2.05, 4.69) is 21.3 Å². The van der Waals surface area contributed by atoms with Crippen molar-refractivity contribution >= 4 is 58.1 Å². The molecule has 0 aliphatic heterocycles. The number of nitro benzene ring substituents is 1. The van der Waals surface area contributed by atoms with Crippen LogP contribution in [0.4, 0.5) is 22.7 Å². The molecule has 2 unspecified atom stereocenters. The number of benzene rings is 5. The first-order valence-electron chi connectivity index (χ1n) is 21.3. The lowest BCUT2D eigenvalue weighted by Gasteiger charge is -2.23. The molecule has 5 amide bonds. The van der Waals surface area contributed by atoms with Crippen LogP contribution in [0.5, 0.6) is 23.0 Å². The maximum Gasteiger partial charge on any atom is 0.269 e. The average molecular weight is 935 g/mol. The van der Waals surface area contributed by atoms with E-state index in [1.165, 1.54) is 60.7 Å². The van der Waals surface area contributed by atoms with Gasteiger partial charge in [-0.25, -0.2) is 0 Å². The molecule has 0 heterocycles. The van der Waals surface area contributed by atoms with Gasteiger partial charge in [0, 0.05) is 40.9 Å².